The second-order valence-corrected chi connectivity index (χ2v) is 6.08. The van der Waals surface area contributed by atoms with E-state index in [1.165, 1.54) is 0 Å². The summed E-state index contributed by atoms with van der Waals surface area (Å²) < 4.78 is 10.7. The predicted molar refractivity (Wildman–Crippen MR) is 76.7 cm³/mol. The normalized spacial score (nSPS) is 22.6. The summed E-state index contributed by atoms with van der Waals surface area (Å²) in [6, 6.07) is -0.465. The largest absolute Gasteiger partial charge is 0.417 e. The molecule has 0 unspecified atom stereocenters. The molecule has 1 spiro atoms. The maximum atomic E-state index is 12.1. The van der Waals surface area contributed by atoms with Gasteiger partial charge in [-0.25, -0.2) is 9.59 Å². The van der Waals surface area contributed by atoms with Crippen LogP contribution >= 0.6 is 0 Å². The predicted octanol–water partition coefficient (Wildman–Crippen LogP) is 0.306. The van der Waals surface area contributed by atoms with E-state index in [9.17, 15) is 9.59 Å². The number of hydrogen-bond donors (Lipinski definition) is 2. The van der Waals surface area contributed by atoms with Crippen molar-refractivity contribution in [2.45, 2.75) is 38.3 Å². The lowest BCUT2D eigenvalue weighted by molar-refractivity contribution is -0.142. The number of ether oxygens (including phenoxy) is 2. The van der Waals surface area contributed by atoms with Gasteiger partial charge in [-0.05, 0) is 25.8 Å². The molecule has 2 saturated heterocycles. The molecule has 0 bridgehead atoms. The van der Waals surface area contributed by atoms with Gasteiger partial charge < -0.3 is 19.7 Å². The van der Waals surface area contributed by atoms with Gasteiger partial charge in [0.15, 0.2) is 0 Å². The molecule has 2 aliphatic heterocycles. The van der Waals surface area contributed by atoms with Gasteiger partial charge in [-0.2, -0.15) is 0 Å². The van der Waals surface area contributed by atoms with Crippen LogP contribution in [-0.2, 0) is 14.3 Å². The maximum Gasteiger partial charge on any atom is 0.417 e. The van der Waals surface area contributed by atoms with Gasteiger partial charge >= 0.3 is 12.1 Å². The number of piperidine rings is 1. The molecule has 120 valence electrons. The molecule has 0 aromatic carbocycles. The number of hydrogen-bond acceptors (Lipinski definition) is 6. The molecule has 1 amide bonds. The summed E-state index contributed by atoms with van der Waals surface area (Å²) in [4.78, 5) is 25.6. The lowest BCUT2D eigenvalue weighted by Crippen LogP contribution is -2.50. The highest BCUT2D eigenvalue weighted by Crippen LogP contribution is 2.28. The summed E-state index contributed by atoms with van der Waals surface area (Å²) in [7, 11) is 1.69. The quantitative estimate of drug-likeness (QED) is 0.576. The van der Waals surface area contributed by atoms with Crippen LogP contribution in [0, 0.1) is 5.92 Å². The minimum atomic E-state index is -0.554. The van der Waals surface area contributed by atoms with Crippen molar-refractivity contribution in [1.29, 1.82) is 0 Å². The van der Waals surface area contributed by atoms with E-state index in [-0.39, 0.29) is 11.5 Å². The van der Waals surface area contributed by atoms with E-state index in [2.05, 4.69) is 10.6 Å². The van der Waals surface area contributed by atoms with Crippen LogP contribution in [0.2, 0.25) is 0 Å². The van der Waals surface area contributed by atoms with Crippen LogP contribution in [-0.4, -0.2) is 62.0 Å². The van der Waals surface area contributed by atoms with E-state index in [0.29, 0.717) is 19.8 Å². The minimum absolute atomic E-state index is 0.0675. The monoisotopic (exact) mass is 299 g/mol. The van der Waals surface area contributed by atoms with E-state index in [4.69, 9.17) is 9.47 Å². The molecule has 0 aromatic heterocycles. The molecule has 2 fully saturated rings. The topological polar surface area (TPSA) is 79.9 Å². The molecule has 7 nitrogen and oxygen atoms in total. The zero-order valence-corrected chi connectivity index (χ0v) is 13.0. The van der Waals surface area contributed by atoms with Crippen molar-refractivity contribution in [3.8, 4) is 0 Å². The van der Waals surface area contributed by atoms with Gasteiger partial charge in [-0.3, -0.25) is 5.32 Å². The van der Waals surface area contributed by atoms with Gasteiger partial charge in [0.2, 0.25) is 0 Å². The Balaban J connectivity index is 1.83. The summed E-state index contributed by atoms with van der Waals surface area (Å²) in [6.45, 7) is 6.31. The Hall–Kier alpha value is -1.18. The smallest absolute Gasteiger partial charge is 0.375 e. The number of carbonyl (C=O) groups is 2. The first-order chi connectivity index (χ1) is 9.97. The molecule has 2 heterocycles. The molecule has 2 aliphatic rings. The third-order valence-corrected chi connectivity index (χ3v) is 4.28. The number of likely N-dealkylation sites (tertiary alicyclic amines) is 1. The van der Waals surface area contributed by atoms with Crippen molar-refractivity contribution >= 4 is 12.1 Å². The second kappa shape index (κ2) is 6.72. The van der Waals surface area contributed by atoms with Crippen LogP contribution in [0.25, 0.3) is 0 Å². The van der Waals surface area contributed by atoms with E-state index < -0.39 is 18.1 Å². The van der Waals surface area contributed by atoms with E-state index in [0.717, 1.165) is 19.4 Å². The van der Waals surface area contributed by atoms with Crippen molar-refractivity contribution in [3.05, 3.63) is 0 Å². The van der Waals surface area contributed by atoms with Crippen molar-refractivity contribution in [2.24, 2.45) is 5.92 Å². The first kappa shape index (κ1) is 16.2. The first-order valence-corrected chi connectivity index (χ1v) is 7.50. The zero-order valence-electron chi connectivity index (χ0n) is 13.0. The van der Waals surface area contributed by atoms with Crippen LogP contribution in [0.4, 0.5) is 4.79 Å². The van der Waals surface area contributed by atoms with Crippen LogP contribution in [0.5, 0.6) is 0 Å². The van der Waals surface area contributed by atoms with Crippen molar-refractivity contribution < 1.29 is 19.1 Å². The molecular weight excluding hydrogens is 274 g/mol. The Bertz CT molecular complexity index is 384. The highest BCUT2D eigenvalue weighted by atomic mass is 16.6. The molecular formula is C14H25N3O4. The van der Waals surface area contributed by atoms with Crippen molar-refractivity contribution in [2.75, 3.05) is 33.4 Å². The Labute approximate surface area is 125 Å². The zero-order chi connectivity index (χ0) is 15.5. The standard InChI is InChI=1S/C14H25N3O4/c1-10(2)11(15-3)12(18)21-13(19)17-6-4-14(5-7-17)8-16-9-20-14/h10-11,15-16H,4-9H2,1-3H3/t11-/m0/s1. The van der Waals surface area contributed by atoms with E-state index in [1.807, 2.05) is 13.8 Å². The SMILES string of the molecule is CN[C@H](C(=O)OC(=O)N1CCC2(CC1)CNCO2)C(C)C. The number of esters is 1. The molecule has 7 heteroatoms. The Morgan fingerprint density at radius 3 is 2.48 bits per heavy atom. The van der Waals surface area contributed by atoms with E-state index in [1.54, 1.807) is 11.9 Å². The Morgan fingerprint density at radius 1 is 1.33 bits per heavy atom. The third-order valence-electron chi connectivity index (χ3n) is 4.28. The van der Waals surface area contributed by atoms with Crippen molar-refractivity contribution in [3.63, 3.8) is 0 Å². The molecule has 0 aliphatic carbocycles. The first-order valence-electron chi connectivity index (χ1n) is 7.50. The fourth-order valence-electron chi connectivity index (χ4n) is 2.89. The molecule has 1 atom stereocenters. The highest BCUT2D eigenvalue weighted by Gasteiger charge is 2.40. The fourth-order valence-corrected chi connectivity index (χ4v) is 2.89. The average molecular weight is 299 g/mol. The molecule has 0 radical (unpaired) electrons. The molecule has 2 rings (SSSR count). The lowest BCUT2D eigenvalue weighted by Gasteiger charge is -2.37. The second-order valence-electron chi connectivity index (χ2n) is 6.08. The minimum Gasteiger partial charge on any atom is -0.375 e. The Kier molecular flexibility index (Phi) is 5.18. The van der Waals surface area contributed by atoms with E-state index >= 15 is 0 Å². The van der Waals surface area contributed by atoms with Crippen LogP contribution < -0.4 is 10.6 Å². The summed E-state index contributed by atoms with van der Waals surface area (Å²) in [6.07, 6.45) is 0.980. The number of likely N-dealkylation sites (N-methyl/N-ethyl adjacent to an activating group) is 1. The molecule has 21 heavy (non-hydrogen) atoms. The number of carbonyl (C=O) groups excluding carboxylic acids is 2. The summed E-state index contributed by atoms with van der Waals surface area (Å²) >= 11 is 0. The molecule has 2 N–H and O–H groups in total. The van der Waals surface area contributed by atoms with Gasteiger partial charge in [0, 0.05) is 19.6 Å². The average Bonchev–Trinajstić information content (AvgIpc) is 2.88. The maximum absolute atomic E-state index is 12.1. The van der Waals surface area contributed by atoms with Gasteiger partial charge in [-0.1, -0.05) is 13.8 Å². The van der Waals surface area contributed by atoms with Crippen LogP contribution in [0.1, 0.15) is 26.7 Å². The number of rotatable bonds is 3. The highest BCUT2D eigenvalue weighted by molar-refractivity contribution is 5.87. The fraction of sp³-hybridized carbons (Fsp3) is 0.857. The third kappa shape index (κ3) is 3.72. The molecule has 0 saturated carbocycles. The van der Waals surface area contributed by atoms with Gasteiger partial charge in [0.05, 0.1) is 12.3 Å². The Morgan fingerprint density at radius 2 is 2.00 bits per heavy atom. The summed E-state index contributed by atoms with van der Waals surface area (Å²) in [5.41, 5.74) is -0.147. The van der Waals surface area contributed by atoms with Crippen LogP contribution in [0.15, 0.2) is 0 Å². The number of nitrogens with one attached hydrogen (secondary N) is 2. The van der Waals surface area contributed by atoms with Crippen molar-refractivity contribution in [1.82, 2.24) is 15.5 Å². The summed E-state index contributed by atoms with van der Waals surface area (Å²) in [5, 5.41) is 6.05. The summed E-state index contributed by atoms with van der Waals surface area (Å²) in [5.74, 6) is -0.450. The number of nitrogens with zero attached hydrogens (tertiary/aromatic N) is 1. The lowest BCUT2D eigenvalue weighted by atomic mass is 9.92. The number of amides is 1. The van der Waals surface area contributed by atoms with Gasteiger partial charge in [0.25, 0.3) is 0 Å². The van der Waals surface area contributed by atoms with Gasteiger partial charge in [0.1, 0.15) is 6.04 Å². The van der Waals surface area contributed by atoms with Crippen LogP contribution in [0.3, 0.4) is 0 Å². The molecule has 0 aromatic rings. The van der Waals surface area contributed by atoms with Gasteiger partial charge in [-0.15, -0.1) is 0 Å².